The second-order valence-corrected chi connectivity index (χ2v) is 7.52. The third kappa shape index (κ3) is 3.38. The monoisotopic (exact) mass is 354 g/mol. The molecule has 1 unspecified atom stereocenters. The number of hydrogen-bond donors (Lipinski definition) is 0. The van der Waals surface area contributed by atoms with E-state index in [-0.39, 0.29) is 17.7 Å². The molecule has 0 spiro atoms. The maximum Gasteiger partial charge on any atom is 0.226 e. The zero-order chi connectivity index (χ0) is 18.1. The molecule has 4 rings (SSSR count). The van der Waals surface area contributed by atoms with Gasteiger partial charge in [0.2, 0.25) is 5.91 Å². The molecule has 6 nitrogen and oxygen atoms in total. The van der Waals surface area contributed by atoms with Crippen LogP contribution in [0.3, 0.4) is 0 Å². The standard InChI is InChI=1S/C20H26N4O2/c1-14-5-3-8-17(22-14)12-26-11-16-9-24(20(25)15-6-4-7-15)10-18-19(16)23(2)13-21-18/h3,5,8,13,15-16H,4,6-7,9-12H2,1-2H3. The van der Waals surface area contributed by atoms with Crippen LogP contribution in [0.1, 0.15) is 48.0 Å². The summed E-state index contributed by atoms with van der Waals surface area (Å²) in [6.45, 7) is 4.37. The lowest BCUT2D eigenvalue weighted by molar-refractivity contribution is -0.139. The summed E-state index contributed by atoms with van der Waals surface area (Å²) in [4.78, 5) is 23.7. The van der Waals surface area contributed by atoms with E-state index in [4.69, 9.17) is 4.74 Å². The molecular formula is C20H26N4O2. The largest absolute Gasteiger partial charge is 0.374 e. The highest BCUT2D eigenvalue weighted by atomic mass is 16.5. The minimum Gasteiger partial charge on any atom is -0.374 e. The van der Waals surface area contributed by atoms with E-state index in [0.717, 1.165) is 29.9 Å². The third-order valence-electron chi connectivity index (χ3n) is 5.51. The van der Waals surface area contributed by atoms with Crippen molar-refractivity contribution in [2.24, 2.45) is 13.0 Å². The fourth-order valence-corrected chi connectivity index (χ4v) is 3.93. The molecule has 1 aliphatic heterocycles. The molecule has 1 fully saturated rings. The number of pyridine rings is 1. The van der Waals surface area contributed by atoms with Crippen molar-refractivity contribution in [2.45, 2.75) is 45.3 Å². The molecule has 0 N–H and O–H groups in total. The smallest absolute Gasteiger partial charge is 0.226 e. The Balaban J connectivity index is 1.44. The minimum atomic E-state index is 0.153. The Morgan fingerprint density at radius 3 is 2.92 bits per heavy atom. The highest BCUT2D eigenvalue weighted by Gasteiger charge is 2.36. The van der Waals surface area contributed by atoms with Crippen LogP contribution in [-0.4, -0.2) is 38.5 Å². The highest BCUT2D eigenvalue weighted by Crippen LogP contribution is 2.33. The van der Waals surface area contributed by atoms with Crippen molar-refractivity contribution in [3.63, 3.8) is 0 Å². The molecule has 2 aromatic heterocycles. The Hall–Kier alpha value is -2.21. The van der Waals surface area contributed by atoms with Crippen molar-refractivity contribution in [1.82, 2.24) is 19.4 Å². The van der Waals surface area contributed by atoms with Crippen LogP contribution in [0.15, 0.2) is 24.5 Å². The van der Waals surface area contributed by atoms with E-state index in [1.54, 1.807) is 0 Å². The summed E-state index contributed by atoms with van der Waals surface area (Å²) in [5, 5.41) is 0. The average molecular weight is 354 g/mol. The van der Waals surface area contributed by atoms with Gasteiger partial charge in [-0.05, 0) is 31.9 Å². The maximum atomic E-state index is 12.7. The van der Waals surface area contributed by atoms with Crippen molar-refractivity contribution in [1.29, 1.82) is 0 Å². The molecule has 6 heteroatoms. The van der Waals surface area contributed by atoms with Crippen LogP contribution in [0.4, 0.5) is 0 Å². The molecule has 0 saturated heterocycles. The number of amides is 1. The number of carbonyl (C=O) groups is 1. The van der Waals surface area contributed by atoms with E-state index in [0.29, 0.717) is 26.3 Å². The first-order valence-electron chi connectivity index (χ1n) is 9.41. The third-order valence-corrected chi connectivity index (χ3v) is 5.51. The Labute approximate surface area is 154 Å². The van der Waals surface area contributed by atoms with Crippen molar-refractivity contribution in [3.8, 4) is 0 Å². The Kier molecular flexibility index (Phi) is 4.76. The number of carbonyl (C=O) groups excluding carboxylic acids is 1. The lowest BCUT2D eigenvalue weighted by atomic mass is 9.83. The number of aryl methyl sites for hydroxylation is 2. The van der Waals surface area contributed by atoms with E-state index in [2.05, 4.69) is 14.5 Å². The summed E-state index contributed by atoms with van der Waals surface area (Å²) in [5.41, 5.74) is 4.14. The molecule has 1 atom stereocenters. The second-order valence-electron chi connectivity index (χ2n) is 7.52. The summed E-state index contributed by atoms with van der Waals surface area (Å²) in [7, 11) is 2.02. The van der Waals surface area contributed by atoms with Gasteiger partial charge >= 0.3 is 0 Å². The summed E-state index contributed by atoms with van der Waals surface area (Å²) in [5.74, 6) is 0.663. The second kappa shape index (κ2) is 7.19. The van der Waals surface area contributed by atoms with Gasteiger partial charge in [-0.2, -0.15) is 0 Å². The van der Waals surface area contributed by atoms with Crippen LogP contribution in [-0.2, 0) is 29.7 Å². The Morgan fingerprint density at radius 2 is 2.19 bits per heavy atom. The first kappa shape index (κ1) is 17.2. The topological polar surface area (TPSA) is 60.2 Å². The normalized spacial score (nSPS) is 19.9. The van der Waals surface area contributed by atoms with Gasteiger partial charge in [0.05, 0.1) is 37.5 Å². The van der Waals surface area contributed by atoms with E-state index in [1.165, 1.54) is 12.1 Å². The van der Waals surface area contributed by atoms with E-state index < -0.39 is 0 Å². The van der Waals surface area contributed by atoms with Crippen molar-refractivity contribution in [3.05, 3.63) is 47.3 Å². The molecule has 1 amide bonds. The van der Waals surface area contributed by atoms with Crippen LogP contribution < -0.4 is 0 Å². The predicted octanol–water partition coefficient (Wildman–Crippen LogP) is 2.57. The maximum absolute atomic E-state index is 12.7. The Morgan fingerprint density at radius 1 is 1.35 bits per heavy atom. The van der Waals surface area contributed by atoms with E-state index in [9.17, 15) is 4.79 Å². The molecule has 2 aromatic rings. The molecule has 0 aromatic carbocycles. The van der Waals surface area contributed by atoms with Crippen LogP contribution in [0.2, 0.25) is 0 Å². The van der Waals surface area contributed by atoms with Crippen molar-refractivity contribution < 1.29 is 9.53 Å². The number of nitrogens with zero attached hydrogens (tertiary/aromatic N) is 4. The summed E-state index contributed by atoms with van der Waals surface area (Å²) in [6, 6.07) is 5.96. The minimum absolute atomic E-state index is 0.153. The van der Waals surface area contributed by atoms with Gasteiger partial charge in [0, 0.05) is 36.8 Å². The predicted molar refractivity (Wildman–Crippen MR) is 97.3 cm³/mol. The van der Waals surface area contributed by atoms with Gasteiger partial charge in [-0.1, -0.05) is 12.5 Å². The lowest BCUT2D eigenvalue weighted by Gasteiger charge is -2.37. The highest BCUT2D eigenvalue weighted by molar-refractivity contribution is 5.79. The number of rotatable bonds is 5. The fourth-order valence-electron chi connectivity index (χ4n) is 3.93. The molecule has 0 bridgehead atoms. The van der Waals surface area contributed by atoms with Crippen LogP contribution >= 0.6 is 0 Å². The number of imidazole rings is 1. The van der Waals surface area contributed by atoms with Gasteiger partial charge in [-0.15, -0.1) is 0 Å². The van der Waals surface area contributed by atoms with Gasteiger partial charge in [0.25, 0.3) is 0 Å². The molecule has 138 valence electrons. The van der Waals surface area contributed by atoms with Gasteiger partial charge in [-0.3, -0.25) is 9.78 Å². The molecule has 26 heavy (non-hydrogen) atoms. The zero-order valence-electron chi connectivity index (χ0n) is 15.5. The molecule has 0 radical (unpaired) electrons. The number of hydrogen-bond acceptors (Lipinski definition) is 4. The zero-order valence-corrected chi connectivity index (χ0v) is 15.5. The van der Waals surface area contributed by atoms with Crippen molar-refractivity contribution >= 4 is 5.91 Å². The molecule has 2 aliphatic rings. The summed E-state index contributed by atoms with van der Waals surface area (Å²) < 4.78 is 8.05. The average Bonchev–Trinajstić information content (AvgIpc) is 2.94. The molecule has 1 aliphatic carbocycles. The summed E-state index contributed by atoms with van der Waals surface area (Å²) in [6.07, 6.45) is 5.08. The van der Waals surface area contributed by atoms with Gasteiger partial charge in [-0.25, -0.2) is 4.98 Å². The van der Waals surface area contributed by atoms with E-state index in [1.807, 2.05) is 43.4 Å². The molecule has 3 heterocycles. The van der Waals surface area contributed by atoms with Crippen LogP contribution in [0.5, 0.6) is 0 Å². The number of fused-ring (bicyclic) bond motifs is 1. The quantitative estimate of drug-likeness (QED) is 0.828. The van der Waals surface area contributed by atoms with Crippen LogP contribution in [0.25, 0.3) is 0 Å². The molecular weight excluding hydrogens is 328 g/mol. The first-order chi connectivity index (χ1) is 12.6. The van der Waals surface area contributed by atoms with Crippen molar-refractivity contribution in [2.75, 3.05) is 13.2 Å². The fraction of sp³-hybridized carbons (Fsp3) is 0.550. The SMILES string of the molecule is Cc1cccc(COCC2CN(C(=O)C3CCC3)Cc3ncn(C)c32)n1. The molecule has 1 saturated carbocycles. The number of ether oxygens (including phenoxy) is 1. The Bertz CT molecular complexity index is 797. The van der Waals surface area contributed by atoms with E-state index >= 15 is 0 Å². The first-order valence-corrected chi connectivity index (χ1v) is 9.41. The van der Waals surface area contributed by atoms with Crippen LogP contribution in [0, 0.1) is 12.8 Å². The van der Waals surface area contributed by atoms with Gasteiger partial charge in [0.1, 0.15) is 0 Å². The number of aromatic nitrogens is 3. The van der Waals surface area contributed by atoms with Gasteiger partial charge in [0.15, 0.2) is 0 Å². The summed E-state index contributed by atoms with van der Waals surface area (Å²) >= 11 is 0. The lowest BCUT2D eigenvalue weighted by Crippen LogP contribution is -2.44. The van der Waals surface area contributed by atoms with Gasteiger partial charge < -0.3 is 14.2 Å².